The first kappa shape index (κ1) is 20.0. The molecule has 0 radical (unpaired) electrons. The fraction of sp³-hybridized carbons (Fsp3) is 0.409. The van der Waals surface area contributed by atoms with Crippen LogP contribution in [0.15, 0.2) is 46.1 Å². The van der Waals surface area contributed by atoms with E-state index in [0.29, 0.717) is 18.9 Å². The number of fused-ring (bicyclic) bond motifs is 1. The third-order valence-electron chi connectivity index (χ3n) is 5.99. The molecule has 3 aromatic rings. The summed E-state index contributed by atoms with van der Waals surface area (Å²) < 4.78 is 2.56. The van der Waals surface area contributed by atoms with Gasteiger partial charge in [0.1, 0.15) is 5.82 Å². The monoisotopic (exact) mass is 409 g/mol. The van der Waals surface area contributed by atoms with Gasteiger partial charge >= 0.3 is 5.69 Å². The number of nitrogens with zero attached hydrogens (tertiary/aromatic N) is 3. The van der Waals surface area contributed by atoms with Crippen molar-refractivity contribution in [2.75, 3.05) is 24.5 Å². The van der Waals surface area contributed by atoms with Crippen LogP contribution in [-0.4, -0.2) is 39.7 Å². The molecule has 8 nitrogen and oxygen atoms in total. The number of carbonyl (C=O) groups is 1. The second-order valence-electron chi connectivity index (χ2n) is 7.93. The largest absolute Gasteiger partial charge is 0.361 e. The molecule has 8 heteroatoms. The van der Waals surface area contributed by atoms with E-state index < -0.39 is 0 Å². The molecule has 1 amide bonds. The Morgan fingerprint density at radius 2 is 2.00 bits per heavy atom. The standard InChI is InChI=1S/C22H27N5O3/c1-25-19(12-20(28)26(2)22(25)30)27-11-5-6-16(14-27)21(29)23-10-9-15-13-24-18-8-4-3-7-17(15)18/h3-4,7-8,12-13,16,24H,5-6,9-11,14H2,1-2H3,(H,23,29). The second-order valence-corrected chi connectivity index (χ2v) is 7.93. The number of anilines is 1. The number of benzene rings is 1. The van der Waals surface area contributed by atoms with Gasteiger partial charge in [-0.1, -0.05) is 18.2 Å². The van der Waals surface area contributed by atoms with Crippen LogP contribution in [-0.2, 0) is 25.3 Å². The van der Waals surface area contributed by atoms with Crippen molar-refractivity contribution in [1.82, 2.24) is 19.4 Å². The molecule has 1 fully saturated rings. The minimum atomic E-state index is -0.359. The Hall–Kier alpha value is -3.29. The van der Waals surface area contributed by atoms with Gasteiger partial charge in [-0.05, 0) is 30.9 Å². The van der Waals surface area contributed by atoms with Crippen LogP contribution in [0.5, 0.6) is 0 Å². The molecular weight excluding hydrogens is 382 g/mol. The minimum absolute atomic E-state index is 0.0216. The molecule has 158 valence electrons. The Labute approximate surface area is 174 Å². The number of aromatic nitrogens is 3. The lowest BCUT2D eigenvalue weighted by molar-refractivity contribution is -0.125. The highest BCUT2D eigenvalue weighted by molar-refractivity contribution is 5.83. The van der Waals surface area contributed by atoms with E-state index in [9.17, 15) is 14.4 Å². The maximum absolute atomic E-state index is 12.8. The summed E-state index contributed by atoms with van der Waals surface area (Å²) >= 11 is 0. The summed E-state index contributed by atoms with van der Waals surface area (Å²) in [5, 5.41) is 4.24. The molecule has 3 heterocycles. The first-order chi connectivity index (χ1) is 14.5. The van der Waals surface area contributed by atoms with E-state index in [2.05, 4.69) is 16.4 Å². The molecular formula is C22H27N5O3. The summed E-state index contributed by atoms with van der Waals surface area (Å²) in [6.45, 7) is 1.79. The highest BCUT2D eigenvalue weighted by Gasteiger charge is 2.27. The fourth-order valence-corrected chi connectivity index (χ4v) is 4.23. The van der Waals surface area contributed by atoms with Crippen molar-refractivity contribution in [3.63, 3.8) is 0 Å². The normalized spacial score (nSPS) is 16.7. The lowest BCUT2D eigenvalue weighted by Gasteiger charge is -2.34. The molecule has 1 aliphatic heterocycles. The number of hydrogen-bond acceptors (Lipinski definition) is 4. The highest BCUT2D eigenvalue weighted by atomic mass is 16.2. The van der Waals surface area contributed by atoms with Crippen LogP contribution in [0.4, 0.5) is 5.82 Å². The highest BCUT2D eigenvalue weighted by Crippen LogP contribution is 2.22. The summed E-state index contributed by atoms with van der Waals surface area (Å²) in [6.07, 6.45) is 4.39. The number of nitrogens with one attached hydrogen (secondary N) is 2. The van der Waals surface area contributed by atoms with Gasteiger partial charge in [-0.15, -0.1) is 0 Å². The van der Waals surface area contributed by atoms with Crippen molar-refractivity contribution in [3.8, 4) is 0 Å². The quantitative estimate of drug-likeness (QED) is 0.661. The van der Waals surface area contributed by atoms with Gasteiger partial charge in [-0.2, -0.15) is 0 Å². The van der Waals surface area contributed by atoms with Crippen molar-refractivity contribution < 1.29 is 4.79 Å². The summed E-state index contributed by atoms with van der Waals surface area (Å²) in [7, 11) is 3.12. The van der Waals surface area contributed by atoms with Crippen LogP contribution in [0.25, 0.3) is 10.9 Å². The third kappa shape index (κ3) is 3.77. The summed E-state index contributed by atoms with van der Waals surface area (Å²) in [5.41, 5.74) is 1.59. The first-order valence-corrected chi connectivity index (χ1v) is 10.3. The summed E-state index contributed by atoms with van der Waals surface area (Å²) in [5.74, 6) is 0.425. The fourth-order valence-electron chi connectivity index (χ4n) is 4.23. The maximum atomic E-state index is 12.8. The molecule has 1 atom stereocenters. The lowest BCUT2D eigenvalue weighted by Crippen LogP contribution is -2.46. The van der Waals surface area contributed by atoms with Crippen LogP contribution in [0.1, 0.15) is 18.4 Å². The van der Waals surface area contributed by atoms with Crippen LogP contribution in [0.3, 0.4) is 0 Å². The molecule has 1 saturated heterocycles. The molecule has 0 spiro atoms. The number of rotatable bonds is 5. The zero-order valence-corrected chi connectivity index (χ0v) is 17.4. The SMILES string of the molecule is Cn1c(N2CCCC(C(=O)NCCc3c[nH]c4ccccc34)C2)cc(=O)n(C)c1=O. The van der Waals surface area contributed by atoms with E-state index in [0.717, 1.165) is 35.9 Å². The zero-order chi connectivity index (χ0) is 21.3. The molecule has 2 N–H and O–H groups in total. The second kappa shape index (κ2) is 8.22. The average Bonchev–Trinajstić information content (AvgIpc) is 3.18. The van der Waals surface area contributed by atoms with Crippen LogP contribution in [0.2, 0.25) is 0 Å². The number of para-hydroxylation sites is 1. The van der Waals surface area contributed by atoms with E-state index in [1.165, 1.54) is 28.6 Å². The van der Waals surface area contributed by atoms with Crippen molar-refractivity contribution in [2.24, 2.45) is 20.0 Å². The molecule has 1 aromatic carbocycles. The van der Waals surface area contributed by atoms with Crippen LogP contribution in [0, 0.1) is 5.92 Å². The Morgan fingerprint density at radius 1 is 1.20 bits per heavy atom. The van der Waals surface area contributed by atoms with Crippen molar-refractivity contribution in [3.05, 3.63) is 62.9 Å². The number of carbonyl (C=O) groups excluding carboxylic acids is 1. The number of H-pyrrole nitrogens is 1. The lowest BCUT2D eigenvalue weighted by atomic mass is 9.97. The number of aromatic amines is 1. The minimum Gasteiger partial charge on any atom is -0.361 e. The molecule has 1 unspecified atom stereocenters. The number of hydrogen-bond donors (Lipinski definition) is 2. The molecule has 1 aliphatic rings. The topological polar surface area (TPSA) is 92.1 Å². The van der Waals surface area contributed by atoms with Crippen molar-refractivity contribution in [2.45, 2.75) is 19.3 Å². The predicted molar refractivity (Wildman–Crippen MR) is 117 cm³/mol. The van der Waals surface area contributed by atoms with Gasteiger partial charge in [-0.25, -0.2) is 4.79 Å². The smallest absolute Gasteiger partial charge is 0.332 e. The van der Waals surface area contributed by atoms with Gasteiger partial charge in [-0.3, -0.25) is 18.7 Å². The number of amides is 1. The van der Waals surface area contributed by atoms with Gasteiger partial charge < -0.3 is 15.2 Å². The summed E-state index contributed by atoms with van der Waals surface area (Å²) in [6, 6.07) is 9.60. The third-order valence-corrected chi connectivity index (χ3v) is 5.99. The zero-order valence-electron chi connectivity index (χ0n) is 17.4. The van der Waals surface area contributed by atoms with E-state index in [-0.39, 0.29) is 23.1 Å². The summed E-state index contributed by atoms with van der Waals surface area (Å²) in [4.78, 5) is 42.3. The molecule has 0 bridgehead atoms. The van der Waals surface area contributed by atoms with E-state index in [1.807, 2.05) is 29.3 Å². The molecule has 0 saturated carbocycles. The Morgan fingerprint density at radius 3 is 2.83 bits per heavy atom. The Bertz CT molecular complexity index is 1190. The molecule has 30 heavy (non-hydrogen) atoms. The molecule has 4 rings (SSSR count). The van der Waals surface area contributed by atoms with E-state index in [1.54, 1.807) is 7.05 Å². The van der Waals surface area contributed by atoms with Crippen molar-refractivity contribution in [1.29, 1.82) is 0 Å². The maximum Gasteiger partial charge on any atom is 0.332 e. The van der Waals surface area contributed by atoms with Gasteiger partial charge in [0, 0.05) is 56.9 Å². The van der Waals surface area contributed by atoms with Gasteiger partial charge in [0.15, 0.2) is 0 Å². The average molecular weight is 409 g/mol. The number of piperidine rings is 1. The molecule has 0 aliphatic carbocycles. The van der Waals surface area contributed by atoms with Gasteiger partial charge in [0.25, 0.3) is 5.56 Å². The van der Waals surface area contributed by atoms with Crippen molar-refractivity contribution >= 4 is 22.6 Å². The van der Waals surface area contributed by atoms with E-state index in [4.69, 9.17) is 0 Å². The Kier molecular flexibility index (Phi) is 5.48. The van der Waals surface area contributed by atoms with E-state index >= 15 is 0 Å². The Balaban J connectivity index is 1.39. The van der Waals surface area contributed by atoms with Crippen LogP contribution < -0.4 is 21.5 Å². The first-order valence-electron chi connectivity index (χ1n) is 10.3. The van der Waals surface area contributed by atoms with Gasteiger partial charge in [0.05, 0.1) is 5.92 Å². The van der Waals surface area contributed by atoms with Crippen LogP contribution >= 0.6 is 0 Å². The molecule has 2 aromatic heterocycles. The van der Waals surface area contributed by atoms with Gasteiger partial charge in [0.2, 0.25) is 5.91 Å². The predicted octanol–water partition coefficient (Wildman–Crippen LogP) is 1.14.